The number of halogens is 1. The Bertz CT molecular complexity index is 1330. The third kappa shape index (κ3) is 4.64. The molecule has 4 aromatic rings. The summed E-state index contributed by atoms with van der Waals surface area (Å²) in [5.74, 6) is 1.12. The van der Waals surface area contributed by atoms with Crippen LogP contribution < -0.4 is 15.4 Å². The molecule has 8 nitrogen and oxygen atoms in total. The monoisotopic (exact) mass is 530 g/mol. The quantitative estimate of drug-likeness (QED) is 0.359. The summed E-state index contributed by atoms with van der Waals surface area (Å²) in [6.07, 6.45) is 0. The molecule has 32 heavy (non-hydrogen) atoms. The number of rotatable bonds is 5. The first-order valence-electron chi connectivity index (χ1n) is 9.70. The maximum absolute atomic E-state index is 12.6. The molecule has 2 heterocycles. The second-order valence-corrected chi connectivity index (χ2v) is 9.08. The highest BCUT2D eigenvalue weighted by molar-refractivity contribution is 9.10. The minimum absolute atomic E-state index is 0.213. The van der Waals surface area contributed by atoms with Gasteiger partial charge in [0, 0.05) is 16.8 Å². The van der Waals surface area contributed by atoms with Crippen molar-refractivity contribution < 1.29 is 9.53 Å². The number of amides is 1. The third-order valence-corrected chi connectivity index (χ3v) is 6.36. The lowest BCUT2D eigenvalue weighted by Crippen LogP contribution is -2.34. The van der Waals surface area contributed by atoms with Crippen LogP contribution in [0.3, 0.4) is 0 Å². The Morgan fingerprint density at radius 3 is 2.72 bits per heavy atom. The number of hydrogen-bond acceptors (Lipinski definition) is 7. The van der Waals surface area contributed by atoms with Crippen molar-refractivity contribution in [1.82, 2.24) is 25.1 Å². The number of anilines is 1. The van der Waals surface area contributed by atoms with Crippen molar-refractivity contribution in [3.8, 4) is 16.3 Å². The van der Waals surface area contributed by atoms with Crippen LogP contribution in [0, 0.1) is 13.8 Å². The fourth-order valence-corrected chi connectivity index (χ4v) is 4.59. The predicted octanol–water partition coefficient (Wildman–Crippen LogP) is 4.76. The molecule has 11 heteroatoms. The maximum atomic E-state index is 12.6. The van der Waals surface area contributed by atoms with Crippen molar-refractivity contribution in [3.63, 3.8) is 0 Å². The minimum Gasteiger partial charge on any atom is -0.493 e. The lowest BCUT2D eigenvalue weighted by atomic mass is 10.1. The Kier molecular flexibility index (Phi) is 6.49. The van der Waals surface area contributed by atoms with Crippen LogP contribution >= 0.6 is 39.5 Å². The summed E-state index contributed by atoms with van der Waals surface area (Å²) < 4.78 is 7.91. The average Bonchev–Trinajstić information content (AvgIpc) is 3.33. The van der Waals surface area contributed by atoms with Crippen LogP contribution in [0.4, 0.5) is 5.69 Å². The number of nitrogens with one attached hydrogen (secondary N) is 2. The Labute approximate surface area is 202 Å². The first-order valence-corrected chi connectivity index (χ1v) is 11.7. The van der Waals surface area contributed by atoms with Gasteiger partial charge in [-0.2, -0.15) is 9.61 Å². The maximum Gasteiger partial charge on any atom is 0.257 e. The Balaban J connectivity index is 1.44. The molecule has 0 fully saturated rings. The van der Waals surface area contributed by atoms with Crippen LogP contribution in [-0.2, 0) is 0 Å². The minimum atomic E-state index is -0.310. The van der Waals surface area contributed by atoms with Crippen LogP contribution in [0.25, 0.3) is 15.5 Å². The van der Waals surface area contributed by atoms with Gasteiger partial charge in [-0.25, -0.2) is 0 Å². The fraction of sp³-hybridized carbons (Fsp3) is 0.190. The van der Waals surface area contributed by atoms with Gasteiger partial charge >= 0.3 is 0 Å². The summed E-state index contributed by atoms with van der Waals surface area (Å²) in [4.78, 5) is 13.3. The molecule has 2 aromatic heterocycles. The molecule has 0 bridgehead atoms. The van der Waals surface area contributed by atoms with E-state index in [4.69, 9.17) is 17.0 Å². The van der Waals surface area contributed by atoms with E-state index < -0.39 is 0 Å². The second kappa shape index (κ2) is 9.31. The number of nitrogens with zero attached hydrogens (tertiary/aromatic N) is 4. The molecule has 0 atom stereocenters. The number of aromatic nitrogens is 4. The van der Waals surface area contributed by atoms with E-state index in [0.717, 1.165) is 32.6 Å². The van der Waals surface area contributed by atoms with Crippen molar-refractivity contribution in [1.29, 1.82) is 0 Å². The first-order chi connectivity index (χ1) is 15.4. The summed E-state index contributed by atoms with van der Waals surface area (Å²) in [7, 11) is 0. The number of carbonyl (C=O) groups is 1. The smallest absolute Gasteiger partial charge is 0.257 e. The first kappa shape index (κ1) is 22.3. The molecular formula is C21H19BrN6O2S2. The van der Waals surface area contributed by atoms with Gasteiger partial charge in [0.2, 0.25) is 4.96 Å². The summed E-state index contributed by atoms with van der Waals surface area (Å²) in [5.41, 5.74) is 3.20. The molecule has 0 saturated carbocycles. The van der Waals surface area contributed by atoms with Crippen molar-refractivity contribution in [2.75, 3.05) is 11.9 Å². The third-order valence-electron chi connectivity index (χ3n) is 4.59. The molecule has 0 aliphatic heterocycles. The molecule has 0 radical (unpaired) electrons. The van der Waals surface area contributed by atoms with E-state index in [9.17, 15) is 4.79 Å². The number of fused-ring (bicyclic) bond motifs is 1. The molecule has 2 N–H and O–H groups in total. The van der Waals surface area contributed by atoms with Crippen LogP contribution in [0.2, 0.25) is 0 Å². The van der Waals surface area contributed by atoms with Gasteiger partial charge in [0.25, 0.3) is 5.91 Å². The zero-order valence-electron chi connectivity index (χ0n) is 17.5. The van der Waals surface area contributed by atoms with E-state index in [1.807, 2.05) is 39.0 Å². The molecular weight excluding hydrogens is 512 g/mol. The number of thiocarbonyl (C=S) groups is 1. The van der Waals surface area contributed by atoms with Crippen LogP contribution in [0.1, 0.15) is 28.7 Å². The zero-order chi connectivity index (χ0) is 22.8. The van der Waals surface area contributed by atoms with E-state index in [2.05, 4.69) is 41.9 Å². The van der Waals surface area contributed by atoms with Gasteiger partial charge in [-0.05, 0) is 90.9 Å². The average molecular weight is 531 g/mol. The summed E-state index contributed by atoms with van der Waals surface area (Å²) in [5, 5.41) is 19.5. The van der Waals surface area contributed by atoms with E-state index in [-0.39, 0.29) is 11.0 Å². The summed E-state index contributed by atoms with van der Waals surface area (Å²) >= 11 is 10.2. The van der Waals surface area contributed by atoms with Crippen molar-refractivity contribution in [2.45, 2.75) is 20.8 Å². The highest BCUT2D eigenvalue weighted by Crippen LogP contribution is 2.29. The van der Waals surface area contributed by atoms with Gasteiger partial charge in [-0.1, -0.05) is 11.3 Å². The predicted molar refractivity (Wildman–Crippen MR) is 133 cm³/mol. The largest absolute Gasteiger partial charge is 0.493 e. The van der Waals surface area contributed by atoms with Crippen molar-refractivity contribution in [2.24, 2.45) is 0 Å². The number of benzene rings is 2. The van der Waals surface area contributed by atoms with Gasteiger partial charge < -0.3 is 10.1 Å². The van der Waals surface area contributed by atoms with Crippen molar-refractivity contribution in [3.05, 3.63) is 57.8 Å². The topological polar surface area (TPSA) is 93.4 Å². The molecule has 2 aromatic carbocycles. The van der Waals surface area contributed by atoms with Crippen LogP contribution in [0.15, 0.2) is 40.9 Å². The number of aryl methyl sites for hydroxylation is 2. The van der Waals surface area contributed by atoms with Crippen LogP contribution in [0.5, 0.6) is 5.75 Å². The number of carbonyl (C=O) groups excluding carboxylic acids is 1. The number of ether oxygens (including phenoxy) is 1. The number of hydrogen-bond donors (Lipinski definition) is 2. The molecule has 0 saturated heterocycles. The molecule has 4 rings (SSSR count). The normalized spacial score (nSPS) is 10.9. The standard InChI is InChI=1S/C21H19BrN6O2S2/c1-4-30-17-8-6-13(10-15(17)22)18(29)24-20(31)23-16-7-5-14(9-11(16)2)19-27-28-12(3)25-26-21(28)32-19/h5-10H,4H2,1-3H3,(H2,23,24,29,31). The van der Waals surface area contributed by atoms with E-state index in [0.29, 0.717) is 22.4 Å². The second-order valence-electron chi connectivity index (χ2n) is 6.86. The van der Waals surface area contributed by atoms with Crippen LogP contribution in [-0.4, -0.2) is 37.4 Å². The Hall–Kier alpha value is -2.89. The highest BCUT2D eigenvalue weighted by Gasteiger charge is 2.14. The lowest BCUT2D eigenvalue weighted by molar-refractivity contribution is 0.0977. The lowest BCUT2D eigenvalue weighted by Gasteiger charge is -2.13. The molecule has 1 amide bonds. The summed E-state index contributed by atoms with van der Waals surface area (Å²) in [6, 6.07) is 11.0. The van der Waals surface area contributed by atoms with Gasteiger partial charge in [-0.15, -0.1) is 10.2 Å². The Morgan fingerprint density at radius 1 is 1.22 bits per heavy atom. The van der Waals surface area contributed by atoms with Gasteiger partial charge in [-0.3, -0.25) is 10.1 Å². The van der Waals surface area contributed by atoms with Gasteiger partial charge in [0.05, 0.1) is 11.1 Å². The molecule has 164 valence electrons. The molecule has 0 unspecified atom stereocenters. The summed E-state index contributed by atoms with van der Waals surface area (Å²) in [6.45, 7) is 6.27. The SMILES string of the molecule is CCOc1ccc(C(=O)NC(=S)Nc2ccc(-c3nn4c(C)nnc4s3)cc2C)cc1Br. The zero-order valence-corrected chi connectivity index (χ0v) is 20.7. The molecule has 0 spiro atoms. The Morgan fingerprint density at radius 2 is 2.03 bits per heavy atom. The molecule has 0 aliphatic rings. The highest BCUT2D eigenvalue weighted by atomic mass is 79.9. The molecule has 0 aliphatic carbocycles. The van der Waals surface area contributed by atoms with E-state index in [1.165, 1.54) is 11.3 Å². The van der Waals surface area contributed by atoms with E-state index in [1.54, 1.807) is 22.7 Å². The van der Waals surface area contributed by atoms with Crippen molar-refractivity contribution >= 4 is 61.2 Å². The van der Waals surface area contributed by atoms with E-state index >= 15 is 0 Å². The van der Waals surface area contributed by atoms with Gasteiger partial charge in [0.15, 0.2) is 10.9 Å². The fourth-order valence-electron chi connectivity index (χ4n) is 3.01. The van der Waals surface area contributed by atoms with Gasteiger partial charge in [0.1, 0.15) is 10.8 Å².